The van der Waals surface area contributed by atoms with E-state index in [0.717, 1.165) is 0 Å². The Bertz CT molecular complexity index is 687. The van der Waals surface area contributed by atoms with Crippen molar-refractivity contribution >= 4 is 10.1 Å². The Labute approximate surface area is 142 Å². The predicted octanol–water partition coefficient (Wildman–Crippen LogP) is 5.66. The van der Waals surface area contributed by atoms with Crippen molar-refractivity contribution in [1.82, 2.24) is 0 Å². The first-order valence-corrected chi connectivity index (χ1v) is 10.7. The first-order chi connectivity index (χ1) is 10.3. The van der Waals surface area contributed by atoms with Crippen LogP contribution >= 0.6 is 0 Å². The summed E-state index contributed by atoms with van der Waals surface area (Å²) in [4.78, 5) is 0. The molecule has 0 aliphatic rings. The summed E-state index contributed by atoms with van der Waals surface area (Å²) in [6.45, 7) is 11.3. The van der Waals surface area contributed by atoms with Crippen LogP contribution in [0.15, 0.2) is 58.1 Å². The van der Waals surface area contributed by atoms with Crippen LogP contribution in [0.3, 0.4) is 0 Å². The zero-order valence-corrected chi connectivity index (χ0v) is 17.1. The third-order valence-electron chi connectivity index (χ3n) is 3.73. The standard InChI is InChI=1S/C10H13N.C10H12.W/c1-10(2,3)8-6-4-5-7-9(8)11;1-10(2,3)9-7-5-4-6-8-9;/h4-7H,1-3H3;1,4-8H,2-3H3;. The average Bonchev–Trinajstić information content (AvgIpc) is 2.47. The third-order valence-corrected chi connectivity index (χ3v) is 7.31. The number of nitrogens with zero attached hydrogens (tertiary/aromatic N) is 1. The monoisotopic (exact) mass is 463 g/mol. The molecule has 0 atom stereocenters. The first-order valence-electron chi connectivity index (χ1n) is 7.67. The van der Waals surface area contributed by atoms with E-state index in [9.17, 15) is 0 Å². The number of hydrogen-bond donors (Lipinski definition) is 0. The molecule has 0 aliphatic carbocycles. The van der Waals surface area contributed by atoms with Gasteiger partial charge in [0.25, 0.3) is 0 Å². The van der Waals surface area contributed by atoms with Crippen LogP contribution in [0.2, 0.25) is 0 Å². The van der Waals surface area contributed by atoms with Crippen LogP contribution < -0.4 is 0 Å². The zero-order valence-electron chi connectivity index (χ0n) is 14.1. The van der Waals surface area contributed by atoms with Gasteiger partial charge < -0.3 is 0 Å². The summed E-state index contributed by atoms with van der Waals surface area (Å²) in [7, 11) is 0. The van der Waals surface area contributed by atoms with E-state index in [1.54, 1.807) is 0 Å². The van der Waals surface area contributed by atoms with Gasteiger partial charge in [0.05, 0.1) is 0 Å². The molecule has 2 rings (SSSR count). The normalized spacial score (nSPS) is 11.9. The van der Waals surface area contributed by atoms with E-state index in [0.29, 0.717) is 0 Å². The molecule has 0 unspecified atom stereocenters. The SMILES string of the molecule is CC(C)(C)c1ccccc1[N]=[W]=[CH]C(C)(C)c1ccccc1. The van der Waals surface area contributed by atoms with E-state index in [4.69, 9.17) is 3.50 Å². The van der Waals surface area contributed by atoms with Crippen molar-refractivity contribution < 1.29 is 17.9 Å². The van der Waals surface area contributed by atoms with Crippen molar-refractivity contribution in [2.24, 2.45) is 3.50 Å². The van der Waals surface area contributed by atoms with Gasteiger partial charge in [0.2, 0.25) is 0 Å². The summed E-state index contributed by atoms with van der Waals surface area (Å²) >= 11 is -0.883. The Morgan fingerprint density at radius 1 is 0.818 bits per heavy atom. The van der Waals surface area contributed by atoms with Crippen LogP contribution in [0.1, 0.15) is 45.7 Å². The molecule has 0 saturated heterocycles. The number of hydrogen-bond acceptors (Lipinski definition) is 1. The van der Waals surface area contributed by atoms with Gasteiger partial charge >= 0.3 is 143 Å². The van der Waals surface area contributed by atoms with Gasteiger partial charge in [-0.3, -0.25) is 0 Å². The first kappa shape index (κ1) is 17.2. The summed E-state index contributed by atoms with van der Waals surface area (Å²) in [5.41, 5.74) is 4.15. The molecule has 2 aromatic rings. The molecule has 0 heterocycles. The average molecular weight is 463 g/mol. The van der Waals surface area contributed by atoms with Gasteiger partial charge in [-0.1, -0.05) is 0 Å². The fourth-order valence-corrected chi connectivity index (χ4v) is 4.94. The van der Waals surface area contributed by atoms with Gasteiger partial charge in [-0.25, -0.2) is 0 Å². The molecule has 116 valence electrons. The van der Waals surface area contributed by atoms with Gasteiger partial charge in [0.1, 0.15) is 0 Å². The summed E-state index contributed by atoms with van der Waals surface area (Å²) < 4.78 is 7.45. The van der Waals surface area contributed by atoms with E-state index < -0.39 is 17.9 Å². The molecule has 22 heavy (non-hydrogen) atoms. The molecule has 0 bridgehead atoms. The van der Waals surface area contributed by atoms with E-state index >= 15 is 0 Å². The van der Waals surface area contributed by atoms with E-state index in [1.165, 1.54) is 16.8 Å². The molecule has 0 radical (unpaired) electrons. The van der Waals surface area contributed by atoms with Crippen molar-refractivity contribution in [2.45, 2.75) is 45.4 Å². The van der Waals surface area contributed by atoms with Gasteiger partial charge in [-0.15, -0.1) is 0 Å². The molecule has 1 nitrogen and oxygen atoms in total. The molecule has 0 spiro atoms. The van der Waals surface area contributed by atoms with E-state index in [1.807, 2.05) is 0 Å². The molecule has 0 saturated carbocycles. The van der Waals surface area contributed by atoms with Crippen LogP contribution in [0.5, 0.6) is 0 Å². The molecule has 0 N–H and O–H groups in total. The Hall–Kier alpha value is -1.20. The maximum atomic E-state index is 4.99. The summed E-state index contributed by atoms with van der Waals surface area (Å²) in [5, 5.41) is 0. The van der Waals surface area contributed by atoms with Crippen molar-refractivity contribution in [3.8, 4) is 0 Å². The molecule has 0 amide bonds. The number of rotatable bonds is 3. The molecule has 0 aliphatic heterocycles. The molecule has 0 aromatic heterocycles. The van der Waals surface area contributed by atoms with Crippen molar-refractivity contribution in [1.29, 1.82) is 0 Å². The molecule has 0 fully saturated rings. The molecular formula is C20H25NW. The van der Waals surface area contributed by atoms with Crippen LogP contribution in [0.25, 0.3) is 0 Å². The summed E-state index contributed by atoms with van der Waals surface area (Å²) in [6, 6.07) is 19.3. The van der Waals surface area contributed by atoms with Crippen molar-refractivity contribution in [3.05, 3.63) is 65.7 Å². The zero-order chi connectivity index (χ0) is 16.2. The van der Waals surface area contributed by atoms with Crippen LogP contribution in [0.4, 0.5) is 5.69 Å². The van der Waals surface area contributed by atoms with Crippen molar-refractivity contribution in [2.75, 3.05) is 0 Å². The Morgan fingerprint density at radius 3 is 2.05 bits per heavy atom. The summed E-state index contributed by atoms with van der Waals surface area (Å²) in [5.74, 6) is 0. The quantitative estimate of drug-likeness (QED) is 0.557. The minimum atomic E-state index is -0.883. The Balaban J connectivity index is 2.33. The predicted molar refractivity (Wildman–Crippen MR) is 92.8 cm³/mol. The molecule has 2 heteroatoms. The van der Waals surface area contributed by atoms with Gasteiger partial charge in [0, 0.05) is 0 Å². The Morgan fingerprint density at radius 2 is 1.41 bits per heavy atom. The van der Waals surface area contributed by atoms with Gasteiger partial charge in [-0.05, 0) is 0 Å². The van der Waals surface area contributed by atoms with Crippen molar-refractivity contribution in [3.63, 3.8) is 0 Å². The minimum absolute atomic E-state index is 0.103. The van der Waals surface area contributed by atoms with E-state index in [2.05, 4.69) is 93.6 Å². The maximum absolute atomic E-state index is 4.99. The van der Waals surface area contributed by atoms with Crippen LogP contribution in [-0.4, -0.2) is 4.40 Å². The summed E-state index contributed by atoms with van der Waals surface area (Å²) in [6.07, 6.45) is 0. The third kappa shape index (κ3) is 4.40. The van der Waals surface area contributed by atoms with Gasteiger partial charge in [-0.2, -0.15) is 0 Å². The van der Waals surface area contributed by atoms with Crippen LogP contribution in [-0.2, 0) is 28.7 Å². The van der Waals surface area contributed by atoms with Crippen LogP contribution in [0, 0.1) is 0 Å². The fraction of sp³-hybridized carbons (Fsp3) is 0.350. The Kier molecular flexibility index (Phi) is 5.40. The second-order valence-electron chi connectivity index (χ2n) is 7.17. The molecular weight excluding hydrogens is 438 g/mol. The second-order valence-corrected chi connectivity index (χ2v) is 9.43. The number of benzene rings is 2. The fourth-order valence-electron chi connectivity index (χ4n) is 2.34. The second kappa shape index (κ2) is 6.92. The van der Waals surface area contributed by atoms with E-state index in [-0.39, 0.29) is 10.8 Å². The van der Waals surface area contributed by atoms with Gasteiger partial charge in [0.15, 0.2) is 0 Å². The topological polar surface area (TPSA) is 12.4 Å². The molecule has 2 aromatic carbocycles.